The fraction of sp³-hybridized carbons (Fsp3) is 0.562. The van der Waals surface area contributed by atoms with Crippen LogP contribution in [0.2, 0.25) is 0 Å². The third-order valence-corrected chi connectivity index (χ3v) is 3.31. The van der Waals surface area contributed by atoms with Crippen LogP contribution in [0.15, 0.2) is 18.2 Å². The summed E-state index contributed by atoms with van der Waals surface area (Å²) in [6.45, 7) is 2.91. The molecular weight excluding hydrogens is 270 g/mol. The van der Waals surface area contributed by atoms with Gasteiger partial charge in [-0.2, -0.15) is 0 Å². The van der Waals surface area contributed by atoms with Crippen LogP contribution in [0.5, 0.6) is 11.5 Å². The van der Waals surface area contributed by atoms with Crippen LogP contribution in [-0.4, -0.2) is 33.8 Å². The predicted octanol–water partition coefficient (Wildman–Crippen LogP) is 2.70. The Morgan fingerprint density at radius 3 is 2.43 bits per heavy atom. The molecule has 0 saturated heterocycles. The van der Waals surface area contributed by atoms with Crippen molar-refractivity contribution in [2.45, 2.75) is 32.2 Å². The molecular formula is C16H25NO4. The molecule has 1 N–H and O–H groups in total. The van der Waals surface area contributed by atoms with Gasteiger partial charge in [-0.3, -0.25) is 0 Å². The quantitative estimate of drug-likeness (QED) is 0.561. The summed E-state index contributed by atoms with van der Waals surface area (Å²) in [5, 5.41) is 3.24. The highest BCUT2D eigenvalue weighted by molar-refractivity contribution is 5.77. The number of hydrogen-bond acceptors (Lipinski definition) is 5. The molecule has 0 aliphatic carbocycles. The molecule has 0 heterocycles. The van der Waals surface area contributed by atoms with Gasteiger partial charge >= 0.3 is 5.97 Å². The van der Waals surface area contributed by atoms with Gasteiger partial charge in [0.1, 0.15) is 6.04 Å². The number of carbonyl (C=O) groups excluding carboxylic acids is 1. The zero-order valence-electron chi connectivity index (χ0n) is 13.3. The second kappa shape index (κ2) is 9.23. The molecule has 1 atom stereocenters. The Kier molecular flexibility index (Phi) is 7.61. The summed E-state index contributed by atoms with van der Waals surface area (Å²) >= 11 is 0. The van der Waals surface area contributed by atoms with Crippen LogP contribution >= 0.6 is 0 Å². The van der Waals surface area contributed by atoms with Crippen LogP contribution in [0.4, 0.5) is 0 Å². The maximum absolute atomic E-state index is 12.0. The van der Waals surface area contributed by atoms with E-state index in [9.17, 15) is 4.79 Å². The lowest BCUT2D eigenvalue weighted by Gasteiger charge is -2.18. The highest BCUT2D eigenvalue weighted by Gasteiger charge is 2.22. The van der Waals surface area contributed by atoms with Gasteiger partial charge in [0.05, 0.1) is 21.3 Å². The molecule has 0 amide bonds. The summed E-state index contributed by atoms with van der Waals surface area (Å²) in [6.07, 6.45) is 3.30. The number of benzene rings is 1. The molecule has 118 valence electrons. The van der Waals surface area contributed by atoms with Crippen molar-refractivity contribution in [3.8, 4) is 11.5 Å². The first kappa shape index (κ1) is 17.3. The van der Waals surface area contributed by atoms with Crippen LogP contribution in [-0.2, 0) is 9.53 Å². The molecule has 0 radical (unpaired) electrons. The topological polar surface area (TPSA) is 56.8 Å². The minimum atomic E-state index is -0.494. The molecule has 1 unspecified atom stereocenters. The van der Waals surface area contributed by atoms with E-state index in [2.05, 4.69) is 12.2 Å². The third-order valence-electron chi connectivity index (χ3n) is 3.31. The molecule has 0 aliphatic rings. The van der Waals surface area contributed by atoms with Gasteiger partial charge in [-0.1, -0.05) is 25.8 Å². The van der Waals surface area contributed by atoms with E-state index in [1.165, 1.54) is 7.11 Å². The molecule has 1 aromatic rings. The van der Waals surface area contributed by atoms with Crippen molar-refractivity contribution >= 4 is 5.97 Å². The Labute approximate surface area is 126 Å². The molecule has 0 spiro atoms. The summed E-state index contributed by atoms with van der Waals surface area (Å²) < 4.78 is 15.4. The van der Waals surface area contributed by atoms with Crippen LogP contribution < -0.4 is 14.8 Å². The fourth-order valence-electron chi connectivity index (χ4n) is 2.11. The summed E-state index contributed by atoms with van der Waals surface area (Å²) in [4.78, 5) is 12.0. The molecule has 0 saturated carbocycles. The first-order valence-corrected chi connectivity index (χ1v) is 7.21. The molecule has 1 rings (SSSR count). The second-order valence-electron chi connectivity index (χ2n) is 4.73. The smallest absolute Gasteiger partial charge is 0.327 e. The largest absolute Gasteiger partial charge is 0.493 e. The highest BCUT2D eigenvalue weighted by Crippen LogP contribution is 2.30. The summed E-state index contributed by atoms with van der Waals surface area (Å²) in [5.41, 5.74) is 0.802. The first-order chi connectivity index (χ1) is 10.2. The number of unbranched alkanes of at least 4 members (excludes halogenated alkanes) is 2. The number of methoxy groups -OCH3 is 3. The fourth-order valence-corrected chi connectivity index (χ4v) is 2.11. The van der Waals surface area contributed by atoms with E-state index < -0.39 is 6.04 Å². The minimum absolute atomic E-state index is 0.307. The lowest BCUT2D eigenvalue weighted by Crippen LogP contribution is -2.30. The number of hydrogen-bond donors (Lipinski definition) is 1. The van der Waals surface area contributed by atoms with E-state index in [1.54, 1.807) is 26.4 Å². The SMILES string of the molecule is CCCCCNC(C(=O)OC)c1ccc(OC)c(OC)c1. The molecule has 21 heavy (non-hydrogen) atoms. The molecule has 0 bridgehead atoms. The van der Waals surface area contributed by atoms with E-state index in [0.717, 1.165) is 31.4 Å². The molecule has 5 nitrogen and oxygen atoms in total. The molecule has 0 aliphatic heterocycles. The lowest BCUT2D eigenvalue weighted by molar-refractivity contribution is -0.143. The van der Waals surface area contributed by atoms with Crippen molar-refractivity contribution in [1.82, 2.24) is 5.32 Å². The summed E-state index contributed by atoms with van der Waals surface area (Å²) in [6, 6.07) is 4.94. The van der Waals surface area contributed by atoms with Crippen molar-refractivity contribution in [2.75, 3.05) is 27.9 Å². The summed E-state index contributed by atoms with van der Waals surface area (Å²) in [7, 11) is 4.55. The molecule has 5 heteroatoms. The molecule has 0 aromatic heterocycles. The minimum Gasteiger partial charge on any atom is -0.493 e. The van der Waals surface area contributed by atoms with Crippen molar-refractivity contribution in [2.24, 2.45) is 0 Å². The standard InChI is InChI=1S/C16H25NO4/c1-5-6-7-10-17-15(16(18)21-4)12-8-9-13(19-2)14(11-12)20-3/h8-9,11,15,17H,5-7,10H2,1-4H3. The van der Waals surface area contributed by atoms with Gasteiger partial charge < -0.3 is 19.5 Å². The normalized spacial score (nSPS) is 11.8. The Morgan fingerprint density at radius 1 is 1.14 bits per heavy atom. The second-order valence-corrected chi connectivity index (χ2v) is 4.73. The average molecular weight is 295 g/mol. The van der Waals surface area contributed by atoms with Gasteiger partial charge in [0, 0.05) is 0 Å². The van der Waals surface area contributed by atoms with Crippen LogP contribution in [0.3, 0.4) is 0 Å². The van der Waals surface area contributed by atoms with E-state index >= 15 is 0 Å². The van der Waals surface area contributed by atoms with E-state index in [0.29, 0.717) is 11.5 Å². The van der Waals surface area contributed by atoms with Crippen LogP contribution in [0.1, 0.15) is 37.8 Å². The number of ether oxygens (including phenoxy) is 3. The molecule has 1 aromatic carbocycles. The first-order valence-electron chi connectivity index (χ1n) is 7.21. The number of rotatable bonds is 9. The Bertz CT molecular complexity index is 448. The van der Waals surface area contributed by atoms with E-state index in [1.807, 2.05) is 6.07 Å². The molecule has 0 fully saturated rings. The van der Waals surface area contributed by atoms with Gasteiger partial charge in [-0.15, -0.1) is 0 Å². The maximum atomic E-state index is 12.0. The maximum Gasteiger partial charge on any atom is 0.327 e. The zero-order chi connectivity index (χ0) is 15.7. The third kappa shape index (κ3) is 4.93. The average Bonchev–Trinajstić information content (AvgIpc) is 2.53. The van der Waals surface area contributed by atoms with Gasteiger partial charge in [0.15, 0.2) is 11.5 Å². The van der Waals surface area contributed by atoms with Crippen molar-refractivity contribution in [3.63, 3.8) is 0 Å². The van der Waals surface area contributed by atoms with Gasteiger partial charge in [0.2, 0.25) is 0 Å². The van der Waals surface area contributed by atoms with Gasteiger partial charge in [0.25, 0.3) is 0 Å². The number of nitrogens with one attached hydrogen (secondary N) is 1. The van der Waals surface area contributed by atoms with Crippen LogP contribution in [0.25, 0.3) is 0 Å². The van der Waals surface area contributed by atoms with Crippen LogP contribution in [0, 0.1) is 0 Å². The summed E-state index contributed by atoms with van der Waals surface area (Å²) in [5.74, 6) is 0.925. The Hall–Kier alpha value is -1.75. The van der Waals surface area contributed by atoms with Crippen molar-refractivity contribution in [1.29, 1.82) is 0 Å². The zero-order valence-corrected chi connectivity index (χ0v) is 13.3. The van der Waals surface area contributed by atoms with E-state index in [-0.39, 0.29) is 5.97 Å². The van der Waals surface area contributed by atoms with Gasteiger partial charge in [-0.05, 0) is 30.7 Å². The van der Waals surface area contributed by atoms with Crippen molar-refractivity contribution < 1.29 is 19.0 Å². The predicted molar refractivity (Wildman–Crippen MR) is 81.8 cm³/mol. The lowest BCUT2D eigenvalue weighted by atomic mass is 10.1. The highest BCUT2D eigenvalue weighted by atomic mass is 16.5. The van der Waals surface area contributed by atoms with Crippen molar-refractivity contribution in [3.05, 3.63) is 23.8 Å². The Morgan fingerprint density at radius 2 is 1.86 bits per heavy atom. The monoisotopic (exact) mass is 295 g/mol. The van der Waals surface area contributed by atoms with E-state index in [4.69, 9.17) is 14.2 Å². The van der Waals surface area contributed by atoms with Gasteiger partial charge in [-0.25, -0.2) is 4.79 Å². The Balaban J connectivity index is 2.89. The number of carbonyl (C=O) groups is 1. The number of esters is 1.